The van der Waals surface area contributed by atoms with E-state index in [0.717, 1.165) is 4.70 Å². The number of rotatable bonds is 1. The number of benzene rings is 2. The number of nitrogens with zero attached hydrogens (tertiary/aromatic N) is 1. The van der Waals surface area contributed by atoms with Crippen molar-refractivity contribution in [3.05, 3.63) is 48.0 Å². The van der Waals surface area contributed by atoms with Gasteiger partial charge in [-0.25, -0.2) is 8.78 Å². The van der Waals surface area contributed by atoms with Crippen molar-refractivity contribution >= 4 is 27.4 Å². The largest absolute Gasteiger partial charge is 0.382 e. The Hall–Kier alpha value is -2.01. The lowest BCUT2D eigenvalue weighted by molar-refractivity contribution is 0.590. The maximum Gasteiger partial charge on any atom is 0.145 e. The maximum atomic E-state index is 13.8. The molecule has 3 aromatic rings. The molecule has 0 saturated heterocycles. The van der Waals surface area contributed by atoms with E-state index in [9.17, 15) is 8.78 Å². The van der Waals surface area contributed by atoms with Gasteiger partial charge < -0.3 is 5.73 Å². The molecule has 1 heterocycles. The zero-order valence-corrected chi connectivity index (χ0v) is 9.97. The first-order valence-corrected chi connectivity index (χ1v) is 6.04. The Balaban J connectivity index is 2.42. The molecule has 5 heteroatoms. The molecule has 18 heavy (non-hydrogen) atoms. The van der Waals surface area contributed by atoms with Crippen LogP contribution in [0.2, 0.25) is 0 Å². The average Bonchev–Trinajstić information content (AvgIpc) is 2.72. The smallest absolute Gasteiger partial charge is 0.145 e. The summed E-state index contributed by atoms with van der Waals surface area (Å²) in [5, 5.41) is 0.603. The number of hydrogen-bond donors (Lipinski definition) is 1. The topological polar surface area (TPSA) is 38.9 Å². The zero-order valence-electron chi connectivity index (χ0n) is 9.15. The molecule has 2 N–H and O–H groups in total. The van der Waals surface area contributed by atoms with E-state index in [2.05, 4.69) is 4.37 Å². The van der Waals surface area contributed by atoms with Gasteiger partial charge in [0.25, 0.3) is 0 Å². The summed E-state index contributed by atoms with van der Waals surface area (Å²) in [4.78, 5) is 0. The van der Waals surface area contributed by atoms with E-state index in [0.29, 0.717) is 16.8 Å². The molecule has 3 rings (SSSR count). The number of anilines is 1. The summed E-state index contributed by atoms with van der Waals surface area (Å²) >= 11 is 1.21. The molecule has 0 amide bonds. The van der Waals surface area contributed by atoms with Crippen molar-refractivity contribution in [3.63, 3.8) is 0 Å². The first-order chi connectivity index (χ1) is 8.68. The third kappa shape index (κ3) is 1.55. The van der Waals surface area contributed by atoms with Crippen molar-refractivity contribution in [1.29, 1.82) is 0 Å². The van der Waals surface area contributed by atoms with Crippen molar-refractivity contribution in [2.24, 2.45) is 0 Å². The Kier molecular flexibility index (Phi) is 2.48. The van der Waals surface area contributed by atoms with Gasteiger partial charge in [-0.2, -0.15) is 4.37 Å². The van der Waals surface area contributed by atoms with E-state index in [-0.39, 0.29) is 5.56 Å². The van der Waals surface area contributed by atoms with Gasteiger partial charge in [-0.15, -0.1) is 0 Å². The van der Waals surface area contributed by atoms with Gasteiger partial charge >= 0.3 is 0 Å². The monoisotopic (exact) mass is 262 g/mol. The van der Waals surface area contributed by atoms with E-state index in [1.807, 2.05) is 6.07 Å². The van der Waals surface area contributed by atoms with Gasteiger partial charge in [0, 0.05) is 5.39 Å². The van der Waals surface area contributed by atoms with Crippen LogP contribution in [0.1, 0.15) is 0 Å². The number of halogens is 2. The van der Waals surface area contributed by atoms with Crippen LogP contribution in [-0.2, 0) is 0 Å². The molecule has 1 aromatic heterocycles. The van der Waals surface area contributed by atoms with Crippen LogP contribution in [0.25, 0.3) is 21.2 Å². The minimum Gasteiger partial charge on any atom is -0.382 e. The van der Waals surface area contributed by atoms with E-state index in [1.165, 1.54) is 29.7 Å². The van der Waals surface area contributed by atoms with Crippen LogP contribution in [0, 0.1) is 11.6 Å². The SMILES string of the molecule is Nc1nsc2cccc(-c3c(F)cccc3F)c12. The molecule has 0 aliphatic heterocycles. The zero-order chi connectivity index (χ0) is 12.7. The Bertz CT molecular complexity index is 717. The highest BCUT2D eigenvalue weighted by Gasteiger charge is 2.16. The fourth-order valence-corrected chi connectivity index (χ4v) is 2.71. The van der Waals surface area contributed by atoms with E-state index in [1.54, 1.807) is 12.1 Å². The van der Waals surface area contributed by atoms with Gasteiger partial charge in [0.2, 0.25) is 0 Å². The molecule has 0 radical (unpaired) electrons. The Morgan fingerprint density at radius 2 is 1.67 bits per heavy atom. The first kappa shape index (κ1) is 11.1. The average molecular weight is 262 g/mol. The quantitative estimate of drug-likeness (QED) is 0.724. The van der Waals surface area contributed by atoms with E-state index < -0.39 is 11.6 Å². The van der Waals surface area contributed by atoms with Gasteiger partial charge in [-0.3, -0.25) is 0 Å². The predicted octanol–water partition coefficient (Wildman–Crippen LogP) is 3.82. The number of hydrogen-bond acceptors (Lipinski definition) is 3. The van der Waals surface area contributed by atoms with Crippen LogP contribution >= 0.6 is 11.5 Å². The molecule has 0 bridgehead atoms. The summed E-state index contributed by atoms with van der Waals surface area (Å²) in [5.41, 5.74) is 6.15. The molecule has 0 aliphatic rings. The molecule has 0 saturated carbocycles. The van der Waals surface area contributed by atoms with Crippen LogP contribution in [0.15, 0.2) is 36.4 Å². The lowest BCUT2D eigenvalue weighted by Crippen LogP contribution is -1.92. The number of aromatic nitrogens is 1. The summed E-state index contributed by atoms with van der Waals surface area (Å²) in [6.07, 6.45) is 0. The molecular formula is C13H8F2N2S. The molecule has 2 nitrogen and oxygen atoms in total. The predicted molar refractivity (Wildman–Crippen MR) is 69.4 cm³/mol. The number of nitrogens with two attached hydrogens (primary N) is 1. The second kappa shape index (κ2) is 4.03. The Morgan fingerprint density at radius 1 is 1.00 bits per heavy atom. The molecule has 0 atom stereocenters. The minimum absolute atomic E-state index is 0.0602. The van der Waals surface area contributed by atoms with E-state index >= 15 is 0 Å². The van der Waals surface area contributed by atoms with E-state index in [4.69, 9.17) is 5.73 Å². The second-order valence-electron chi connectivity index (χ2n) is 3.84. The minimum atomic E-state index is -0.604. The molecule has 2 aromatic carbocycles. The van der Waals surface area contributed by atoms with Gasteiger partial charge in [-0.1, -0.05) is 18.2 Å². The first-order valence-electron chi connectivity index (χ1n) is 5.26. The summed E-state index contributed by atoms with van der Waals surface area (Å²) in [6, 6.07) is 9.01. The molecule has 0 spiro atoms. The van der Waals surface area contributed by atoms with Crippen molar-refractivity contribution in [1.82, 2.24) is 4.37 Å². The van der Waals surface area contributed by atoms with Crippen molar-refractivity contribution in [3.8, 4) is 11.1 Å². The van der Waals surface area contributed by atoms with Gasteiger partial charge in [0.1, 0.15) is 17.5 Å². The van der Waals surface area contributed by atoms with Crippen LogP contribution in [0.3, 0.4) is 0 Å². The van der Waals surface area contributed by atoms with Gasteiger partial charge in [0.15, 0.2) is 0 Å². The lowest BCUT2D eigenvalue weighted by atomic mass is 10.0. The van der Waals surface area contributed by atoms with Crippen molar-refractivity contribution in [2.45, 2.75) is 0 Å². The van der Waals surface area contributed by atoms with Crippen LogP contribution in [0.4, 0.5) is 14.6 Å². The molecular weight excluding hydrogens is 254 g/mol. The second-order valence-corrected chi connectivity index (χ2v) is 4.65. The number of fused-ring (bicyclic) bond motifs is 1. The normalized spacial score (nSPS) is 11.0. The lowest BCUT2D eigenvalue weighted by Gasteiger charge is -2.06. The third-order valence-corrected chi connectivity index (χ3v) is 3.58. The highest BCUT2D eigenvalue weighted by molar-refractivity contribution is 7.13. The van der Waals surface area contributed by atoms with Crippen LogP contribution in [0.5, 0.6) is 0 Å². The summed E-state index contributed by atoms with van der Waals surface area (Å²) in [7, 11) is 0. The van der Waals surface area contributed by atoms with Gasteiger partial charge in [0.05, 0.1) is 10.3 Å². The molecule has 0 unspecified atom stereocenters. The maximum absolute atomic E-state index is 13.8. The molecule has 0 aliphatic carbocycles. The number of nitrogen functional groups attached to an aromatic ring is 1. The van der Waals surface area contributed by atoms with Crippen molar-refractivity contribution < 1.29 is 8.78 Å². The fraction of sp³-hybridized carbons (Fsp3) is 0. The summed E-state index contributed by atoms with van der Waals surface area (Å²) in [6.45, 7) is 0. The van der Waals surface area contributed by atoms with Crippen molar-refractivity contribution in [2.75, 3.05) is 5.73 Å². The highest BCUT2D eigenvalue weighted by Crippen LogP contribution is 2.36. The van der Waals surface area contributed by atoms with Crippen LogP contribution in [-0.4, -0.2) is 4.37 Å². The Labute approximate surface area is 106 Å². The standard InChI is InChI=1S/C13H8F2N2S/c14-8-4-2-5-9(15)11(8)7-3-1-6-10-12(7)13(16)17-18-10/h1-6H,(H2,16,17). The fourth-order valence-electron chi connectivity index (χ4n) is 1.98. The summed E-state index contributed by atoms with van der Waals surface area (Å²) in [5.74, 6) is -0.908. The van der Waals surface area contributed by atoms with Gasteiger partial charge in [-0.05, 0) is 35.3 Å². The molecule has 0 fully saturated rings. The Morgan fingerprint density at radius 3 is 2.39 bits per heavy atom. The molecule has 90 valence electrons. The highest BCUT2D eigenvalue weighted by atomic mass is 32.1. The summed E-state index contributed by atoms with van der Waals surface area (Å²) < 4.78 is 32.4. The third-order valence-electron chi connectivity index (χ3n) is 2.76. The van der Waals surface area contributed by atoms with Crippen LogP contribution < -0.4 is 5.73 Å².